The van der Waals surface area contributed by atoms with Gasteiger partial charge in [0.05, 0.1) is 12.2 Å². The van der Waals surface area contributed by atoms with Gasteiger partial charge in [-0.1, -0.05) is 6.92 Å². The van der Waals surface area contributed by atoms with E-state index in [0.29, 0.717) is 12.2 Å². The predicted molar refractivity (Wildman–Crippen MR) is 56.0 cm³/mol. The molecule has 1 aliphatic rings. The molecular weight excluding hydrogens is 162 g/mol. The molecule has 0 amide bonds. The maximum Gasteiger partial charge on any atom is 0.0603 e. The van der Waals surface area contributed by atoms with Crippen LogP contribution in [0.2, 0.25) is 0 Å². The van der Waals surface area contributed by atoms with E-state index in [4.69, 9.17) is 4.74 Å². The first-order valence-electron chi connectivity index (χ1n) is 5.60. The summed E-state index contributed by atoms with van der Waals surface area (Å²) in [6.07, 6.45) is 4.63. The summed E-state index contributed by atoms with van der Waals surface area (Å²) in [4.78, 5) is 2.54. The molecule has 0 aromatic rings. The zero-order chi connectivity index (χ0) is 9.68. The number of hydrogen-bond acceptors (Lipinski definition) is 2. The Morgan fingerprint density at radius 2 is 1.92 bits per heavy atom. The zero-order valence-electron chi connectivity index (χ0n) is 9.25. The summed E-state index contributed by atoms with van der Waals surface area (Å²) in [5.41, 5.74) is 0. The topological polar surface area (TPSA) is 12.5 Å². The molecule has 0 N–H and O–H groups in total. The molecule has 1 saturated heterocycles. The second-order valence-electron chi connectivity index (χ2n) is 4.23. The van der Waals surface area contributed by atoms with Crippen molar-refractivity contribution in [2.24, 2.45) is 0 Å². The van der Waals surface area contributed by atoms with E-state index in [2.05, 4.69) is 25.7 Å². The molecule has 0 saturated carbocycles. The quantitative estimate of drug-likeness (QED) is 0.666. The molecule has 2 heteroatoms. The number of nitrogens with zero attached hydrogens (tertiary/aromatic N) is 1. The van der Waals surface area contributed by atoms with Crippen molar-refractivity contribution in [3.8, 4) is 0 Å². The normalized spacial score (nSPS) is 21.2. The number of rotatable bonds is 4. The van der Waals surface area contributed by atoms with Crippen molar-refractivity contribution in [3.63, 3.8) is 0 Å². The zero-order valence-corrected chi connectivity index (χ0v) is 9.25. The first kappa shape index (κ1) is 11.0. The van der Waals surface area contributed by atoms with Gasteiger partial charge in [-0.3, -0.25) is 0 Å². The van der Waals surface area contributed by atoms with Gasteiger partial charge in [0.25, 0.3) is 0 Å². The van der Waals surface area contributed by atoms with Crippen molar-refractivity contribution >= 4 is 0 Å². The van der Waals surface area contributed by atoms with E-state index in [0.717, 1.165) is 0 Å². The highest BCUT2D eigenvalue weighted by Crippen LogP contribution is 2.15. The molecular formula is C11H23NO. The SMILES string of the molecule is CCCN1CCC(OC(C)C)CC1. The Balaban J connectivity index is 2.15. The van der Waals surface area contributed by atoms with Crippen LogP contribution in [-0.2, 0) is 4.74 Å². The maximum absolute atomic E-state index is 5.79. The van der Waals surface area contributed by atoms with E-state index >= 15 is 0 Å². The molecule has 0 bridgehead atoms. The fraction of sp³-hybridized carbons (Fsp3) is 1.00. The maximum atomic E-state index is 5.79. The van der Waals surface area contributed by atoms with Gasteiger partial charge in [-0.2, -0.15) is 0 Å². The fourth-order valence-electron chi connectivity index (χ4n) is 1.97. The van der Waals surface area contributed by atoms with Crippen LogP contribution in [0.4, 0.5) is 0 Å². The summed E-state index contributed by atoms with van der Waals surface area (Å²) in [7, 11) is 0. The number of hydrogen-bond donors (Lipinski definition) is 0. The van der Waals surface area contributed by atoms with Crippen molar-refractivity contribution in [1.29, 1.82) is 0 Å². The summed E-state index contributed by atoms with van der Waals surface area (Å²) in [6, 6.07) is 0. The van der Waals surface area contributed by atoms with Crippen LogP contribution in [-0.4, -0.2) is 36.7 Å². The molecule has 1 rings (SSSR count). The van der Waals surface area contributed by atoms with Crippen LogP contribution in [0.3, 0.4) is 0 Å². The predicted octanol–water partition coefficient (Wildman–Crippen LogP) is 2.29. The Labute approximate surface area is 82.3 Å². The highest BCUT2D eigenvalue weighted by atomic mass is 16.5. The Bertz CT molecular complexity index is 128. The summed E-state index contributed by atoms with van der Waals surface area (Å²) in [6.45, 7) is 10.2. The van der Waals surface area contributed by atoms with Gasteiger partial charge < -0.3 is 9.64 Å². The lowest BCUT2D eigenvalue weighted by molar-refractivity contribution is -0.0266. The number of likely N-dealkylation sites (tertiary alicyclic amines) is 1. The highest BCUT2D eigenvalue weighted by Gasteiger charge is 2.19. The van der Waals surface area contributed by atoms with Crippen LogP contribution < -0.4 is 0 Å². The molecule has 0 unspecified atom stereocenters. The summed E-state index contributed by atoms with van der Waals surface area (Å²) in [5, 5.41) is 0. The van der Waals surface area contributed by atoms with Crippen molar-refractivity contribution in [1.82, 2.24) is 4.90 Å². The van der Waals surface area contributed by atoms with E-state index in [1.54, 1.807) is 0 Å². The van der Waals surface area contributed by atoms with E-state index in [9.17, 15) is 0 Å². The molecule has 1 heterocycles. The largest absolute Gasteiger partial charge is 0.375 e. The molecule has 1 fully saturated rings. The molecule has 0 radical (unpaired) electrons. The van der Waals surface area contributed by atoms with Gasteiger partial charge in [0.15, 0.2) is 0 Å². The third-order valence-corrected chi connectivity index (χ3v) is 2.54. The van der Waals surface area contributed by atoms with Gasteiger partial charge >= 0.3 is 0 Å². The average Bonchev–Trinajstić information content (AvgIpc) is 2.08. The average molecular weight is 185 g/mol. The smallest absolute Gasteiger partial charge is 0.0603 e. The van der Waals surface area contributed by atoms with Crippen LogP contribution in [0, 0.1) is 0 Å². The minimum absolute atomic E-state index is 0.391. The monoisotopic (exact) mass is 185 g/mol. The third-order valence-electron chi connectivity index (χ3n) is 2.54. The minimum Gasteiger partial charge on any atom is -0.375 e. The number of piperidine rings is 1. The highest BCUT2D eigenvalue weighted by molar-refractivity contribution is 4.72. The Morgan fingerprint density at radius 1 is 1.31 bits per heavy atom. The van der Waals surface area contributed by atoms with Crippen LogP contribution in [0.1, 0.15) is 40.0 Å². The van der Waals surface area contributed by atoms with Gasteiger partial charge in [-0.25, -0.2) is 0 Å². The van der Waals surface area contributed by atoms with Crippen LogP contribution in [0.15, 0.2) is 0 Å². The standard InChI is InChI=1S/C11H23NO/c1-4-7-12-8-5-11(6-9-12)13-10(2)3/h10-11H,4-9H2,1-3H3. The second-order valence-corrected chi connectivity index (χ2v) is 4.23. The Hall–Kier alpha value is -0.0800. The molecule has 13 heavy (non-hydrogen) atoms. The summed E-state index contributed by atoms with van der Waals surface area (Å²) in [5.74, 6) is 0. The minimum atomic E-state index is 0.391. The van der Waals surface area contributed by atoms with Crippen molar-refractivity contribution < 1.29 is 4.74 Å². The van der Waals surface area contributed by atoms with Crippen molar-refractivity contribution in [3.05, 3.63) is 0 Å². The van der Waals surface area contributed by atoms with Gasteiger partial charge in [0.1, 0.15) is 0 Å². The van der Waals surface area contributed by atoms with E-state index in [1.807, 2.05) is 0 Å². The molecule has 0 aromatic carbocycles. The fourth-order valence-corrected chi connectivity index (χ4v) is 1.97. The van der Waals surface area contributed by atoms with Gasteiger partial charge in [-0.15, -0.1) is 0 Å². The molecule has 78 valence electrons. The van der Waals surface area contributed by atoms with Gasteiger partial charge in [0, 0.05) is 13.1 Å². The lowest BCUT2D eigenvalue weighted by Crippen LogP contribution is -2.38. The first-order valence-corrected chi connectivity index (χ1v) is 5.60. The van der Waals surface area contributed by atoms with Crippen LogP contribution in [0.5, 0.6) is 0 Å². The molecule has 0 spiro atoms. The van der Waals surface area contributed by atoms with E-state index in [1.165, 1.54) is 38.9 Å². The Morgan fingerprint density at radius 3 is 2.38 bits per heavy atom. The van der Waals surface area contributed by atoms with Crippen LogP contribution >= 0.6 is 0 Å². The third kappa shape index (κ3) is 4.10. The first-order chi connectivity index (χ1) is 6.22. The van der Waals surface area contributed by atoms with Crippen LogP contribution in [0.25, 0.3) is 0 Å². The Kier molecular flexibility index (Phi) is 4.74. The molecule has 0 aromatic heterocycles. The molecule has 0 atom stereocenters. The van der Waals surface area contributed by atoms with E-state index in [-0.39, 0.29) is 0 Å². The molecule has 1 aliphatic heterocycles. The summed E-state index contributed by atoms with van der Waals surface area (Å²) < 4.78 is 5.79. The summed E-state index contributed by atoms with van der Waals surface area (Å²) >= 11 is 0. The van der Waals surface area contributed by atoms with Gasteiger partial charge in [-0.05, 0) is 39.7 Å². The van der Waals surface area contributed by atoms with Crippen molar-refractivity contribution in [2.45, 2.75) is 52.2 Å². The number of ether oxygens (including phenoxy) is 1. The lowest BCUT2D eigenvalue weighted by atomic mass is 10.1. The lowest BCUT2D eigenvalue weighted by Gasteiger charge is -2.32. The molecule has 2 nitrogen and oxygen atoms in total. The van der Waals surface area contributed by atoms with Crippen molar-refractivity contribution in [2.75, 3.05) is 19.6 Å². The molecule has 0 aliphatic carbocycles. The second kappa shape index (κ2) is 5.61. The van der Waals surface area contributed by atoms with E-state index < -0.39 is 0 Å². The van der Waals surface area contributed by atoms with Gasteiger partial charge in [0.2, 0.25) is 0 Å².